The fourth-order valence-corrected chi connectivity index (χ4v) is 5.14. The molecule has 0 radical (unpaired) electrons. The summed E-state index contributed by atoms with van der Waals surface area (Å²) in [6.45, 7) is 6.57. The van der Waals surface area contributed by atoms with Crippen molar-refractivity contribution in [1.29, 1.82) is 0 Å². The third-order valence-electron chi connectivity index (χ3n) is 6.81. The number of aliphatic hydroxyl groups is 1. The van der Waals surface area contributed by atoms with Crippen molar-refractivity contribution in [3.63, 3.8) is 0 Å². The van der Waals surface area contributed by atoms with Gasteiger partial charge in [-0.15, -0.1) is 0 Å². The van der Waals surface area contributed by atoms with Gasteiger partial charge >= 0.3 is 0 Å². The van der Waals surface area contributed by atoms with E-state index in [2.05, 4.69) is 13.8 Å². The number of hydrogen-bond donors (Lipinski definition) is 1. The largest absolute Gasteiger partial charge is 0.507 e. The fraction of sp³-hybridized carbons (Fsp3) is 0.429. The van der Waals surface area contributed by atoms with Crippen molar-refractivity contribution in [2.75, 3.05) is 13.7 Å². The molecule has 1 atom stereocenters. The Morgan fingerprint density at radius 3 is 2.50 bits per heavy atom. The number of ether oxygens (including phenoxy) is 2. The standard InChI is InChI=1S/C28H33NO5/c1-5-34-23-14-13-19(16-22(23)17(2)3)26(30)24-25(18-9-8-12-21(15-18)33-4)29(28(32)27(24)31)20-10-6-7-11-20/h8-9,12-17,20,25,30H,5-7,10-11H2,1-4H3/b26-24-. The number of hydrogen-bond acceptors (Lipinski definition) is 5. The highest BCUT2D eigenvalue weighted by atomic mass is 16.5. The third-order valence-corrected chi connectivity index (χ3v) is 6.81. The summed E-state index contributed by atoms with van der Waals surface area (Å²) >= 11 is 0. The summed E-state index contributed by atoms with van der Waals surface area (Å²) in [5.41, 5.74) is 2.32. The maximum atomic E-state index is 13.3. The Hall–Kier alpha value is -3.28. The Morgan fingerprint density at radius 1 is 1.12 bits per heavy atom. The lowest BCUT2D eigenvalue weighted by Gasteiger charge is -2.31. The van der Waals surface area contributed by atoms with Gasteiger partial charge in [-0.2, -0.15) is 0 Å². The molecule has 1 heterocycles. The predicted octanol–water partition coefficient (Wildman–Crippen LogP) is 5.58. The number of amides is 1. The van der Waals surface area contributed by atoms with Gasteiger partial charge in [-0.25, -0.2) is 0 Å². The summed E-state index contributed by atoms with van der Waals surface area (Å²) in [5.74, 6) is 0.206. The van der Waals surface area contributed by atoms with Gasteiger partial charge in [0.05, 0.1) is 25.3 Å². The molecule has 0 aromatic heterocycles. The van der Waals surface area contributed by atoms with E-state index in [-0.39, 0.29) is 23.3 Å². The zero-order valence-corrected chi connectivity index (χ0v) is 20.3. The van der Waals surface area contributed by atoms with Gasteiger partial charge in [0.25, 0.3) is 11.7 Å². The van der Waals surface area contributed by atoms with Gasteiger partial charge in [0.1, 0.15) is 17.3 Å². The summed E-state index contributed by atoms with van der Waals surface area (Å²) in [6.07, 6.45) is 3.76. The van der Waals surface area contributed by atoms with Gasteiger partial charge in [0, 0.05) is 11.6 Å². The lowest BCUT2D eigenvalue weighted by molar-refractivity contribution is -0.141. The molecule has 34 heavy (non-hydrogen) atoms. The van der Waals surface area contributed by atoms with E-state index in [1.807, 2.05) is 43.3 Å². The Kier molecular flexibility index (Phi) is 6.96. The van der Waals surface area contributed by atoms with Gasteiger partial charge in [0.2, 0.25) is 0 Å². The normalized spacial score (nSPS) is 20.4. The molecule has 2 aliphatic rings. The number of likely N-dealkylation sites (tertiary alicyclic amines) is 1. The molecule has 6 nitrogen and oxygen atoms in total. The molecule has 2 fully saturated rings. The van der Waals surface area contributed by atoms with Crippen molar-refractivity contribution in [3.8, 4) is 11.5 Å². The zero-order valence-electron chi connectivity index (χ0n) is 20.3. The van der Waals surface area contributed by atoms with E-state index >= 15 is 0 Å². The van der Waals surface area contributed by atoms with Crippen LogP contribution in [0, 0.1) is 0 Å². The Balaban J connectivity index is 1.88. The average molecular weight is 464 g/mol. The average Bonchev–Trinajstić information content (AvgIpc) is 3.45. The first-order valence-corrected chi connectivity index (χ1v) is 12.1. The molecule has 1 aliphatic heterocycles. The summed E-state index contributed by atoms with van der Waals surface area (Å²) in [7, 11) is 1.58. The molecule has 6 heteroatoms. The van der Waals surface area contributed by atoms with Crippen LogP contribution in [0.4, 0.5) is 0 Å². The van der Waals surface area contributed by atoms with E-state index in [9.17, 15) is 14.7 Å². The van der Waals surface area contributed by atoms with Crippen molar-refractivity contribution in [2.45, 2.75) is 64.5 Å². The number of benzene rings is 2. The number of aliphatic hydroxyl groups excluding tert-OH is 1. The van der Waals surface area contributed by atoms with Crippen LogP contribution >= 0.6 is 0 Å². The number of methoxy groups -OCH3 is 1. The molecular formula is C28H33NO5. The SMILES string of the molecule is CCOc1ccc(/C(O)=C2/C(=O)C(=O)N(C3CCCC3)C2c2cccc(OC)c2)cc1C(C)C. The molecule has 0 bridgehead atoms. The Morgan fingerprint density at radius 2 is 1.85 bits per heavy atom. The molecule has 1 amide bonds. The molecule has 2 aromatic rings. The predicted molar refractivity (Wildman–Crippen MR) is 131 cm³/mol. The van der Waals surface area contributed by atoms with Gasteiger partial charge in [-0.3, -0.25) is 9.59 Å². The maximum Gasteiger partial charge on any atom is 0.295 e. The maximum absolute atomic E-state index is 13.3. The van der Waals surface area contributed by atoms with Crippen molar-refractivity contribution in [1.82, 2.24) is 4.90 Å². The van der Waals surface area contributed by atoms with Crippen molar-refractivity contribution in [3.05, 3.63) is 64.7 Å². The van der Waals surface area contributed by atoms with Gasteiger partial charge in [-0.1, -0.05) is 38.8 Å². The molecule has 2 aromatic carbocycles. The molecule has 1 unspecified atom stereocenters. The van der Waals surface area contributed by atoms with Gasteiger partial charge in [-0.05, 0) is 67.1 Å². The van der Waals surface area contributed by atoms with E-state index in [0.717, 1.165) is 42.6 Å². The second-order valence-electron chi connectivity index (χ2n) is 9.26. The van der Waals surface area contributed by atoms with Crippen molar-refractivity contribution < 1.29 is 24.2 Å². The monoisotopic (exact) mass is 463 g/mol. The molecule has 1 saturated carbocycles. The minimum atomic E-state index is -0.660. The van der Waals surface area contributed by atoms with Crippen LogP contribution in [0.1, 0.15) is 75.1 Å². The summed E-state index contributed by atoms with van der Waals surface area (Å²) in [4.78, 5) is 28.3. The fourth-order valence-electron chi connectivity index (χ4n) is 5.14. The zero-order chi connectivity index (χ0) is 24.4. The summed E-state index contributed by atoms with van der Waals surface area (Å²) in [5, 5.41) is 11.5. The van der Waals surface area contributed by atoms with Crippen molar-refractivity contribution >= 4 is 17.4 Å². The topological polar surface area (TPSA) is 76.1 Å². The molecule has 0 spiro atoms. The quantitative estimate of drug-likeness (QED) is 0.329. The van der Waals surface area contributed by atoms with E-state index in [1.54, 1.807) is 18.1 Å². The van der Waals surface area contributed by atoms with E-state index in [0.29, 0.717) is 17.9 Å². The minimum Gasteiger partial charge on any atom is -0.507 e. The first kappa shape index (κ1) is 23.9. The number of nitrogens with zero attached hydrogens (tertiary/aromatic N) is 1. The molecule has 1 aliphatic carbocycles. The first-order valence-electron chi connectivity index (χ1n) is 12.1. The van der Waals surface area contributed by atoms with Crippen molar-refractivity contribution in [2.24, 2.45) is 0 Å². The number of carbonyl (C=O) groups excluding carboxylic acids is 2. The number of rotatable bonds is 7. The number of Topliss-reactive ketones (excluding diaryl/α,β-unsaturated/α-hetero) is 1. The van der Waals surface area contributed by atoms with Crippen LogP contribution < -0.4 is 9.47 Å². The number of ketones is 1. The van der Waals surface area contributed by atoms with Crippen LogP contribution in [0.5, 0.6) is 11.5 Å². The van der Waals surface area contributed by atoms with Crippen LogP contribution in [-0.2, 0) is 9.59 Å². The molecule has 4 rings (SSSR count). The highest BCUT2D eigenvalue weighted by Gasteiger charge is 2.49. The van der Waals surface area contributed by atoms with Gasteiger partial charge in [0.15, 0.2) is 0 Å². The first-order chi connectivity index (χ1) is 16.4. The highest BCUT2D eigenvalue weighted by molar-refractivity contribution is 6.46. The minimum absolute atomic E-state index is 0.0236. The second-order valence-corrected chi connectivity index (χ2v) is 9.26. The third kappa shape index (κ3) is 4.29. The lowest BCUT2D eigenvalue weighted by atomic mass is 9.92. The van der Waals surface area contributed by atoms with E-state index < -0.39 is 17.7 Å². The highest BCUT2D eigenvalue weighted by Crippen LogP contribution is 2.44. The van der Waals surface area contributed by atoms with Crippen LogP contribution in [0.2, 0.25) is 0 Å². The second kappa shape index (κ2) is 9.92. The smallest absolute Gasteiger partial charge is 0.295 e. The van der Waals surface area contributed by atoms with Crippen LogP contribution in [0.3, 0.4) is 0 Å². The number of carbonyl (C=O) groups is 2. The van der Waals surface area contributed by atoms with E-state index in [1.165, 1.54) is 0 Å². The van der Waals surface area contributed by atoms with Crippen LogP contribution in [0.25, 0.3) is 5.76 Å². The van der Waals surface area contributed by atoms with E-state index in [4.69, 9.17) is 9.47 Å². The Labute approximate surface area is 201 Å². The van der Waals surface area contributed by atoms with Crippen LogP contribution in [-0.4, -0.2) is 41.5 Å². The Bertz CT molecular complexity index is 1110. The van der Waals surface area contributed by atoms with Gasteiger partial charge < -0.3 is 19.5 Å². The molecular weight excluding hydrogens is 430 g/mol. The summed E-state index contributed by atoms with van der Waals surface area (Å²) < 4.78 is 11.2. The molecule has 180 valence electrons. The lowest BCUT2D eigenvalue weighted by Crippen LogP contribution is -2.37. The molecule has 1 saturated heterocycles. The van der Waals surface area contributed by atoms with Crippen LogP contribution in [0.15, 0.2) is 48.0 Å². The molecule has 1 N–H and O–H groups in total. The summed E-state index contributed by atoms with van der Waals surface area (Å²) in [6, 6.07) is 12.1.